The van der Waals surface area contributed by atoms with E-state index in [-0.39, 0.29) is 28.6 Å². The van der Waals surface area contributed by atoms with E-state index in [1.54, 1.807) is 25.1 Å². The van der Waals surface area contributed by atoms with Crippen molar-refractivity contribution in [3.63, 3.8) is 0 Å². The molecule has 0 bridgehead atoms. The van der Waals surface area contributed by atoms with E-state index in [1.807, 2.05) is 0 Å². The number of carbonyl (C=O) groups excluding carboxylic acids is 3. The van der Waals surface area contributed by atoms with E-state index in [2.05, 4.69) is 15.9 Å². The minimum Gasteiger partial charge on any atom is -0.462 e. The van der Waals surface area contributed by atoms with Crippen molar-refractivity contribution in [3.8, 4) is 0 Å². The molecule has 2 aromatic rings. The van der Waals surface area contributed by atoms with Gasteiger partial charge in [-0.1, -0.05) is 28.1 Å². The van der Waals surface area contributed by atoms with Gasteiger partial charge in [0, 0.05) is 21.2 Å². The quantitative estimate of drug-likeness (QED) is 0.653. The lowest BCUT2D eigenvalue weighted by Gasteiger charge is -2.14. The van der Waals surface area contributed by atoms with Gasteiger partial charge in [0.2, 0.25) is 5.78 Å². The molecule has 0 aliphatic heterocycles. The molecule has 1 aliphatic carbocycles. The van der Waals surface area contributed by atoms with E-state index in [9.17, 15) is 14.4 Å². The topological polar surface area (TPSA) is 60.4 Å². The lowest BCUT2D eigenvalue weighted by atomic mass is 9.89. The van der Waals surface area contributed by atoms with Crippen LogP contribution in [-0.4, -0.2) is 24.1 Å². The molecule has 1 aromatic heterocycles. The fraction of sp³-hybridized carbons (Fsp3) is 0.133. The largest absolute Gasteiger partial charge is 0.462 e. The first-order chi connectivity index (χ1) is 10.0. The summed E-state index contributed by atoms with van der Waals surface area (Å²) >= 11 is 4.30. The predicted octanol–water partition coefficient (Wildman–Crippen LogP) is 3.46. The minimum absolute atomic E-state index is 0.243. The van der Waals surface area contributed by atoms with Crippen LogP contribution in [-0.2, 0) is 4.74 Å². The minimum atomic E-state index is -0.513. The Balaban J connectivity index is 2.15. The van der Waals surface area contributed by atoms with Crippen LogP contribution in [0.2, 0.25) is 0 Å². The second-order valence-electron chi connectivity index (χ2n) is 4.39. The molecule has 0 amide bonds. The summed E-state index contributed by atoms with van der Waals surface area (Å²) in [5, 5.41) is 0. The summed E-state index contributed by atoms with van der Waals surface area (Å²) in [6.45, 7) is 1.95. The highest BCUT2D eigenvalue weighted by Gasteiger charge is 2.34. The number of rotatable bonds is 2. The van der Waals surface area contributed by atoms with Crippen molar-refractivity contribution in [3.05, 3.63) is 55.2 Å². The van der Waals surface area contributed by atoms with E-state index in [0.29, 0.717) is 20.5 Å². The van der Waals surface area contributed by atoms with Crippen molar-refractivity contribution in [2.45, 2.75) is 6.92 Å². The zero-order valence-electron chi connectivity index (χ0n) is 10.9. The Morgan fingerprint density at radius 2 is 2.00 bits per heavy atom. The maximum atomic E-state index is 12.5. The Labute approximate surface area is 132 Å². The number of halogens is 1. The number of ether oxygens (including phenoxy) is 1. The van der Waals surface area contributed by atoms with Gasteiger partial charge in [0.25, 0.3) is 0 Å². The first-order valence-electron chi connectivity index (χ1n) is 6.23. The molecule has 6 heteroatoms. The van der Waals surface area contributed by atoms with Crippen LogP contribution < -0.4 is 0 Å². The summed E-state index contributed by atoms with van der Waals surface area (Å²) in [7, 11) is 0. The Morgan fingerprint density at radius 1 is 1.24 bits per heavy atom. The first-order valence-corrected chi connectivity index (χ1v) is 7.84. The van der Waals surface area contributed by atoms with E-state index in [4.69, 9.17) is 4.74 Å². The van der Waals surface area contributed by atoms with Crippen molar-refractivity contribution in [1.29, 1.82) is 0 Å². The van der Waals surface area contributed by atoms with Crippen LogP contribution in [0, 0.1) is 0 Å². The number of hydrogen-bond acceptors (Lipinski definition) is 5. The number of benzene rings is 1. The van der Waals surface area contributed by atoms with Gasteiger partial charge in [0.15, 0.2) is 5.78 Å². The van der Waals surface area contributed by atoms with Gasteiger partial charge in [-0.15, -0.1) is 11.3 Å². The van der Waals surface area contributed by atoms with Crippen LogP contribution in [0.4, 0.5) is 0 Å². The summed E-state index contributed by atoms with van der Waals surface area (Å²) in [6, 6.07) is 6.49. The normalized spacial score (nSPS) is 12.9. The summed E-state index contributed by atoms with van der Waals surface area (Å²) < 4.78 is 5.50. The standard InChI is InChI=1S/C15H9BrO4S/c1-2-20-15(19)10-6-8-12(17)7-4-3-5-9(16)11(7)13(18)14(8)21-10/h3-6H,2H2,1H3. The predicted molar refractivity (Wildman–Crippen MR) is 81.3 cm³/mol. The van der Waals surface area contributed by atoms with Gasteiger partial charge in [-0.25, -0.2) is 4.79 Å². The van der Waals surface area contributed by atoms with Crippen LogP contribution in [0.1, 0.15) is 47.8 Å². The van der Waals surface area contributed by atoms with Crippen molar-refractivity contribution in [1.82, 2.24) is 0 Å². The Bertz CT molecular complexity index is 791. The van der Waals surface area contributed by atoms with E-state index in [1.165, 1.54) is 6.07 Å². The smallest absolute Gasteiger partial charge is 0.348 e. The highest BCUT2D eigenvalue weighted by Crippen LogP contribution is 2.36. The van der Waals surface area contributed by atoms with E-state index in [0.717, 1.165) is 11.3 Å². The van der Waals surface area contributed by atoms with E-state index < -0.39 is 5.97 Å². The van der Waals surface area contributed by atoms with Gasteiger partial charge >= 0.3 is 5.97 Å². The van der Waals surface area contributed by atoms with Crippen LogP contribution in [0.5, 0.6) is 0 Å². The molecule has 3 rings (SSSR count). The molecular weight excluding hydrogens is 356 g/mol. The maximum absolute atomic E-state index is 12.5. The molecule has 0 N–H and O–H groups in total. The summed E-state index contributed by atoms with van der Waals surface area (Å²) in [4.78, 5) is 37.4. The SMILES string of the molecule is CCOC(=O)c1cc2c(s1)C(=O)c1c(Br)cccc1C2=O. The highest BCUT2D eigenvalue weighted by atomic mass is 79.9. The number of hydrogen-bond donors (Lipinski definition) is 0. The second kappa shape index (κ2) is 5.20. The Hall–Kier alpha value is -1.79. The van der Waals surface area contributed by atoms with Crippen molar-refractivity contribution >= 4 is 44.8 Å². The fourth-order valence-electron chi connectivity index (χ4n) is 2.23. The molecule has 0 saturated carbocycles. The first kappa shape index (κ1) is 14.2. The molecule has 0 fully saturated rings. The molecule has 1 aromatic carbocycles. The van der Waals surface area contributed by atoms with Crippen LogP contribution in [0.25, 0.3) is 0 Å². The number of thiophene rings is 1. The number of esters is 1. The molecular formula is C15H9BrO4S. The molecule has 1 heterocycles. The van der Waals surface area contributed by atoms with Crippen LogP contribution in [0.3, 0.4) is 0 Å². The third kappa shape index (κ3) is 2.15. The van der Waals surface area contributed by atoms with Gasteiger partial charge in [-0.05, 0) is 19.1 Å². The van der Waals surface area contributed by atoms with Crippen molar-refractivity contribution in [2.75, 3.05) is 6.61 Å². The lowest BCUT2D eigenvalue weighted by Crippen LogP contribution is -2.19. The van der Waals surface area contributed by atoms with E-state index >= 15 is 0 Å². The third-order valence-corrected chi connectivity index (χ3v) is 4.92. The highest BCUT2D eigenvalue weighted by molar-refractivity contribution is 9.10. The number of fused-ring (bicyclic) bond motifs is 2. The average Bonchev–Trinajstić information content (AvgIpc) is 2.90. The molecule has 0 unspecified atom stereocenters. The lowest BCUT2D eigenvalue weighted by molar-refractivity contribution is 0.0532. The number of carbonyl (C=O) groups is 3. The molecule has 0 spiro atoms. The van der Waals surface area contributed by atoms with Gasteiger partial charge < -0.3 is 4.74 Å². The fourth-order valence-corrected chi connectivity index (χ4v) is 3.78. The second-order valence-corrected chi connectivity index (χ2v) is 6.30. The monoisotopic (exact) mass is 364 g/mol. The molecule has 0 atom stereocenters. The molecule has 106 valence electrons. The third-order valence-electron chi connectivity index (χ3n) is 3.14. The summed E-state index contributed by atoms with van der Waals surface area (Å²) in [6.07, 6.45) is 0. The molecule has 0 saturated heterocycles. The Morgan fingerprint density at radius 3 is 2.71 bits per heavy atom. The van der Waals surface area contributed by atoms with Gasteiger partial charge in [0.1, 0.15) is 4.88 Å². The Kier molecular flexibility index (Phi) is 3.51. The summed E-state index contributed by atoms with van der Waals surface area (Å²) in [5.74, 6) is -0.999. The van der Waals surface area contributed by atoms with Crippen LogP contribution >= 0.6 is 27.3 Å². The molecule has 0 radical (unpaired) electrons. The van der Waals surface area contributed by atoms with Gasteiger partial charge in [0.05, 0.1) is 11.5 Å². The van der Waals surface area contributed by atoms with Crippen molar-refractivity contribution in [2.24, 2.45) is 0 Å². The van der Waals surface area contributed by atoms with Crippen molar-refractivity contribution < 1.29 is 19.1 Å². The molecule has 1 aliphatic rings. The maximum Gasteiger partial charge on any atom is 0.348 e. The average molecular weight is 365 g/mol. The summed E-state index contributed by atoms with van der Waals surface area (Å²) in [5.41, 5.74) is 0.987. The molecule has 4 nitrogen and oxygen atoms in total. The zero-order chi connectivity index (χ0) is 15.1. The number of ketones is 2. The van der Waals surface area contributed by atoms with Gasteiger partial charge in [-0.3, -0.25) is 9.59 Å². The zero-order valence-corrected chi connectivity index (χ0v) is 13.3. The van der Waals surface area contributed by atoms with Crippen LogP contribution in [0.15, 0.2) is 28.7 Å². The molecule has 21 heavy (non-hydrogen) atoms. The van der Waals surface area contributed by atoms with Gasteiger partial charge in [-0.2, -0.15) is 0 Å².